The third-order valence-electron chi connectivity index (χ3n) is 4.03. The Kier molecular flexibility index (Phi) is 5.15. The highest BCUT2D eigenvalue weighted by molar-refractivity contribution is 7.89. The molecule has 0 bridgehead atoms. The van der Waals surface area contributed by atoms with Gasteiger partial charge in [0, 0.05) is 13.1 Å². The molecule has 1 aliphatic rings. The van der Waals surface area contributed by atoms with Gasteiger partial charge in [-0.05, 0) is 48.7 Å². The molecule has 0 radical (unpaired) electrons. The molecule has 1 heterocycles. The largest absolute Gasteiger partial charge is 0.457 e. The molecule has 0 aromatic heterocycles. The lowest BCUT2D eigenvalue weighted by Gasteiger charge is -2.15. The van der Waals surface area contributed by atoms with E-state index < -0.39 is 21.8 Å². The fourth-order valence-electron chi connectivity index (χ4n) is 2.72. The highest BCUT2D eigenvalue weighted by Crippen LogP contribution is 2.22. The maximum Gasteiger partial charge on any atom is 0.338 e. The SMILES string of the molecule is O=C(OCc1cccc(F)c1)c1cccc(S(=O)(=O)N2CCCC2)c1. The molecule has 0 spiro atoms. The molecule has 2 aromatic rings. The number of carbonyl (C=O) groups is 1. The van der Waals surface area contributed by atoms with Crippen molar-refractivity contribution in [3.8, 4) is 0 Å². The molecule has 132 valence electrons. The lowest BCUT2D eigenvalue weighted by molar-refractivity contribution is 0.0472. The number of ether oxygens (including phenoxy) is 1. The number of carbonyl (C=O) groups excluding carboxylic acids is 1. The Morgan fingerprint density at radius 2 is 1.80 bits per heavy atom. The van der Waals surface area contributed by atoms with Crippen LogP contribution in [0.1, 0.15) is 28.8 Å². The average Bonchev–Trinajstić information content (AvgIpc) is 3.15. The van der Waals surface area contributed by atoms with Crippen LogP contribution in [0.5, 0.6) is 0 Å². The summed E-state index contributed by atoms with van der Waals surface area (Å²) in [5.41, 5.74) is 0.672. The molecule has 1 aliphatic heterocycles. The molecule has 5 nitrogen and oxygen atoms in total. The van der Waals surface area contributed by atoms with Crippen LogP contribution in [-0.2, 0) is 21.4 Å². The molecule has 25 heavy (non-hydrogen) atoms. The second kappa shape index (κ2) is 7.33. The minimum Gasteiger partial charge on any atom is -0.457 e. The summed E-state index contributed by atoms with van der Waals surface area (Å²) in [6, 6.07) is 11.6. The molecule has 3 rings (SSSR count). The first-order valence-electron chi connectivity index (χ1n) is 7.98. The molecule has 1 fully saturated rings. The van der Waals surface area contributed by atoms with E-state index in [9.17, 15) is 17.6 Å². The minimum absolute atomic E-state index is 0.0783. The van der Waals surface area contributed by atoms with Crippen molar-refractivity contribution in [2.75, 3.05) is 13.1 Å². The van der Waals surface area contributed by atoms with Crippen molar-refractivity contribution < 1.29 is 22.3 Å². The van der Waals surface area contributed by atoms with E-state index in [4.69, 9.17) is 4.74 Å². The van der Waals surface area contributed by atoms with E-state index in [1.165, 1.54) is 46.8 Å². The highest BCUT2D eigenvalue weighted by Gasteiger charge is 2.27. The van der Waals surface area contributed by atoms with Crippen LogP contribution in [0.15, 0.2) is 53.4 Å². The molecular formula is C18H18FNO4S. The zero-order valence-corrected chi connectivity index (χ0v) is 14.3. The molecule has 0 amide bonds. The summed E-state index contributed by atoms with van der Waals surface area (Å²) >= 11 is 0. The van der Waals surface area contributed by atoms with E-state index in [0.29, 0.717) is 18.7 Å². The summed E-state index contributed by atoms with van der Waals surface area (Å²) in [7, 11) is -3.59. The van der Waals surface area contributed by atoms with Gasteiger partial charge >= 0.3 is 5.97 Å². The van der Waals surface area contributed by atoms with Gasteiger partial charge in [-0.2, -0.15) is 4.31 Å². The molecule has 0 unspecified atom stereocenters. The number of rotatable bonds is 5. The Balaban J connectivity index is 1.73. The van der Waals surface area contributed by atoms with Gasteiger partial charge in [0.05, 0.1) is 10.5 Å². The lowest BCUT2D eigenvalue weighted by atomic mass is 10.2. The van der Waals surface area contributed by atoms with Gasteiger partial charge in [0.15, 0.2) is 0 Å². The summed E-state index contributed by atoms with van der Waals surface area (Å²) in [6.45, 7) is 0.910. The van der Waals surface area contributed by atoms with Crippen LogP contribution in [-0.4, -0.2) is 31.8 Å². The van der Waals surface area contributed by atoms with E-state index in [1.807, 2.05) is 0 Å². The van der Waals surface area contributed by atoms with E-state index in [-0.39, 0.29) is 17.1 Å². The average molecular weight is 363 g/mol. The number of sulfonamides is 1. The first kappa shape index (κ1) is 17.6. The van der Waals surface area contributed by atoms with Gasteiger partial charge < -0.3 is 4.74 Å². The zero-order valence-electron chi connectivity index (χ0n) is 13.5. The van der Waals surface area contributed by atoms with Crippen molar-refractivity contribution >= 4 is 16.0 Å². The molecule has 0 N–H and O–H groups in total. The van der Waals surface area contributed by atoms with Crippen molar-refractivity contribution in [1.82, 2.24) is 4.31 Å². The van der Waals surface area contributed by atoms with E-state index in [1.54, 1.807) is 6.07 Å². The van der Waals surface area contributed by atoms with Crippen molar-refractivity contribution in [3.05, 3.63) is 65.5 Å². The number of esters is 1. The quantitative estimate of drug-likeness (QED) is 0.766. The Hall–Kier alpha value is -2.25. The van der Waals surface area contributed by atoms with E-state index >= 15 is 0 Å². The third kappa shape index (κ3) is 4.05. The van der Waals surface area contributed by atoms with Crippen LogP contribution in [0.25, 0.3) is 0 Å². The molecule has 2 aromatic carbocycles. The van der Waals surface area contributed by atoms with E-state index in [2.05, 4.69) is 0 Å². The van der Waals surface area contributed by atoms with Gasteiger partial charge in [0.25, 0.3) is 0 Å². The summed E-state index contributed by atoms with van der Waals surface area (Å²) in [6.07, 6.45) is 1.68. The normalized spacial score (nSPS) is 15.2. The van der Waals surface area contributed by atoms with Crippen LogP contribution in [0.3, 0.4) is 0 Å². The van der Waals surface area contributed by atoms with Crippen molar-refractivity contribution in [3.63, 3.8) is 0 Å². The maximum atomic E-state index is 13.1. The first-order valence-corrected chi connectivity index (χ1v) is 9.42. The minimum atomic E-state index is -3.59. The number of nitrogens with zero attached hydrogens (tertiary/aromatic N) is 1. The topological polar surface area (TPSA) is 63.7 Å². The maximum absolute atomic E-state index is 13.1. The van der Waals surface area contributed by atoms with Gasteiger partial charge in [-0.15, -0.1) is 0 Å². The molecular weight excluding hydrogens is 345 g/mol. The van der Waals surface area contributed by atoms with Crippen molar-refractivity contribution in [2.24, 2.45) is 0 Å². The van der Waals surface area contributed by atoms with Crippen molar-refractivity contribution in [2.45, 2.75) is 24.3 Å². The second-order valence-electron chi connectivity index (χ2n) is 5.85. The van der Waals surface area contributed by atoms with Crippen LogP contribution in [0, 0.1) is 5.82 Å². The van der Waals surface area contributed by atoms with E-state index in [0.717, 1.165) is 12.8 Å². The smallest absolute Gasteiger partial charge is 0.338 e. The molecule has 0 atom stereocenters. The Morgan fingerprint density at radius 1 is 1.08 bits per heavy atom. The first-order chi connectivity index (χ1) is 12.0. The van der Waals surface area contributed by atoms with Crippen LogP contribution in [0.2, 0.25) is 0 Å². The third-order valence-corrected chi connectivity index (χ3v) is 5.93. The number of halogens is 1. The second-order valence-corrected chi connectivity index (χ2v) is 7.78. The number of hydrogen-bond donors (Lipinski definition) is 0. The lowest BCUT2D eigenvalue weighted by Crippen LogP contribution is -2.28. The predicted octanol–water partition coefficient (Wildman–Crippen LogP) is 2.97. The molecule has 0 saturated carbocycles. The Bertz CT molecular complexity index is 876. The number of benzene rings is 2. The standard InChI is InChI=1S/C18H18FNO4S/c19-16-7-3-5-14(11-16)13-24-18(21)15-6-4-8-17(12-15)25(22,23)20-9-1-2-10-20/h3-8,11-12H,1-2,9-10,13H2. The molecule has 0 aliphatic carbocycles. The van der Waals surface area contributed by atoms with Crippen molar-refractivity contribution in [1.29, 1.82) is 0 Å². The number of hydrogen-bond acceptors (Lipinski definition) is 4. The van der Waals surface area contributed by atoms with Gasteiger partial charge in [0.1, 0.15) is 12.4 Å². The van der Waals surface area contributed by atoms with Gasteiger partial charge in [-0.25, -0.2) is 17.6 Å². The summed E-state index contributed by atoms with van der Waals surface area (Å²) in [5, 5.41) is 0. The zero-order chi connectivity index (χ0) is 17.9. The Morgan fingerprint density at radius 3 is 2.52 bits per heavy atom. The predicted molar refractivity (Wildman–Crippen MR) is 90.0 cm³/mol. The van der Waals surface area contributed by atoms with Gasteiger partial charge in [0.2, 0.25) is 10.0 Å². The Labute approximate surface area is 146 Å². The molecule has 1 saturated heterocycles. The van der Waals surface area contributed by atoms with Gasteiger partial charge in [-0.1, -0.05) is 18.2 Å². The summed E-state index contributed by atoms with van der Waals surface area (Å²) < 4.78 is 44.8. The van der Waals surface area contributed by atoms with Gasteiger partial charge in [-0.3, -0.25) is 0 Å². The van der Waals surface area contributed by atoms with Crippen LogP contribution < -0.4 is 0 Å². The fraction of sp³-hybridized carbons (Fsp3) is 0.278. The highest BCUT2D eigenvalue weighted by atomic mass is 32.2. The summed E-state index contributed by atoms with van der Waals surface area (Å²) in [5.74, 6) is -1.06. The summed E-state index contributed by atoms with van der Waals surface area (Å²) in [4.78, 5) is 12.3. The fourth-order valence-corrected chi connectivity index (χ4v) is 4.28. The monoisotopic (exact) mass is 363 g/mol. The molecule has 7 heteroatoms. The van der Waals surface area contributed by atoms with Crippen LogP contribution in [0.4, 0.5) is 4.39 Å². The van der Waals surface area contributed by atoms with Crippen LogP contribution >= 0.6 is 0 Å².